The van der Waals surface area contributed by atoms with Gasteiger partial charge in [0.05, 0.1) is 27.1 Å². The fourth-order valence-electron chi connectivity index (χ4n) is 1.36. The predicted molar refractivity (Wildman–Crippen MR) is 63.7 cm³/mol. The zero-order chi connectivity index (χ0) is 11.6. The molecule has 1 unspecified atom stereocenters. The lowest BCUT2D eigenvalue weighted by Crippen LogP contribution is -2.55. The van der Waals surface area contributed by atoms with Gasteiger partial charge in [-0.05, 0) is 12.2 Å². The first-order valence-electron chi connectivity index (χ1n) is 4.59. The van der Waals surface area contributed by atoms with E-state index < -0.39 is 12.0 Å². The van der Waals surface area contributed by atoms with E-state index >= 15 is 0 Å². The topological polar surface area (TPSA) is 135 Å². The molecule has 1 atom stereocenters. The molecule has 0 aliphatic carbocycles. The fraction of sp³-hybridized carbons (Fsp3) is 0.556. The van der Waals surface area contributed by atoms with Gasteiger partial charge in [-0.2, -0.15) is 0 Å². The van der Waals surface area contributed by atoms with Gasteiger partial charge in [-0.1, -0.05) is 0 Å². The summed E-state index contributed by atoms with van der Waals surface area (Å²) in [7, 11) is 5.46. The summed E-state index contributed by atoms with van der Waals surface area (Å²) in [5.41, 5.74) is 0.780. The summed E-state index contributed by atoms with van der Waals surface area (Å²) in [6, 6.07) is -0.591. The van der Waals surface area contributed by atoms with Gasteiger partial charge < -0.3 is 35.3 Å². The van der Waals surface area contributed by atoms with Crippen molar-refractivity contribution < 1.29 is 25.3 Å². The smallest absolute Gasteiger partial charge is 0.174 e. The van der Waals surface area contributed by atoms with Crippen LogP contribution in [0.3, 0.4) is 0 Å². The molecule has 0 amide bonds. The van der Waals surface area contributed by atoms with Crippen molar-refractivity contribution in [3.63, 3.8) is 0 Å². The highest BCUT2D eigenvalue weighted by atomic mass is 32.1. The number of carbonyl (C=O) groups is 1. The number of nitrogens with zero attached hydrogens (tertiary/aromatic N) is 1. The first kappa shape index (κ1) is 18.2. The number of aliphatic carboxylic acids is 1. The number of aromatic amines is 2. The summed E-state index contributed by atoms with van der Waals surface area (Å²) < 4.78 is 0.817. The highest BCUT2D eigenvalue weighted by Crippen LogP contribution is 2.08. The lowest BCUT2D eigenvalue weighted by Gasteiger charge is -2.34. The van der Waals surface area contributed by atoms with Gasteiger partial charge in [-0.3, -0.25) is 0 Å². The Hall–Kier alpha value is -1.22. The average Bonchev–Trinajstić information content (AvgIpc) is 2.44. The van der Waals surface area contributed by atoms with Crippen LogP contribution >= 0.6 is 12.2 Å². The van der Waals surface area contributed by atoms with E-state index in [1.165, 1.54) is 0 Å². The zero-order valence-corrected chi connectivity index (χ0v) is 10.9. The van der Waals surface area contributed by atoms with Crippen LogP contribution in [0.4, 0.5) is 0 Å². The molecule has 0 bridgehead atoms. The van der Waals surface area contributed by atoms with Crippen LogP contribution in [0.2, 0.25) is 0 Å². The lowest BCUT2D eigenvalue weighted by atomic mass is 10.1. The van der Waals surface area contributed by atoms with E-state index in [4.69, 9.17) is 12.2 Å². The molecule has 0 saturated carbocycles. The minimum absolute atomic E-state index is 0. The molecule has 7 nitrogen and oxygen atoms in total. The highest BCUT2D eigenvalue weighted by Gasteiger charge is 2.25. The fourth-order valence-corrected chi connectivity index (χ4v) is 1.55. The zero-order valence-electron chi connectivity index (χ0n) is 10.0. The lowest BCUT2D eigenvalue weighted by molar-refractivity contribution is -0.889. The Morgan fingerprint density at radius 2 is 2.00 bits per heavy atom. The Kier molecular flexibility index (Phi) is 6.94. The molecule has 0 spiro atoms. The first-order chi connectivity index (χ1) is 6.80. The third-order valence-corrected chi connectivity index (χ3v) is 2.49. The van der Waals surface area contributed by atoms with Gasteiger partial charge in [0.1, 0.15) is 6.04 Å². The SMILES string of the molecule is C[N+](C)(C)C(Cc1c[nH]c(=S)[nH]1)C(=O)[O-].O.O. The normalized spacial score (nSPS) is 12.2. The van der Waals surface area contributed by atoms with Gasteiger partial charge in [-0.25, -0.2) is 0 Å². The minimum atomic E-state index is -1.05. The Balaban J connectivity index is 0. The Morgan fingerprint density at radius 3 is 2.29 bits per heavy atom. The molecule has 0 fully saturated rings. The van der Waals surface area contributed by atoms with E-state index in [0.29, 0.717) is 15.7 Å². The van der Waals surface area contributed by atoms with Crippen molar-refractivity contribution in [2.75, 3.05) is 21.1 Å². The number of hydrogen-bond donors (Lipinski definition) is 2. The van der Waals surface area contributed by atoms with E-state index in [1.807, 2.05) is 21.1 Å². The van der Waals surface area contributed by atoms with Gasteiger partial charge in [0.25, 0.3) is 0 Å². The van der Waals surface area contributed by atoms with Crippen molar-refractivity contribution in [2.24, 2.45) is 0 Å². The first-order valence-corrected chi connectivity index (χ1v) is 5.00. The molecule has 1 heterocycles. The van der Waals surface area contributed by atoms with Gasteiger partial charge >= 0.3 is 0 Å². The number of carboxylic acids is 1. The second kappa shape index (κ2) is 6.50. The maximum Gasteiger partial charge on any atom is 0.174 e. The predicted octanol–water partition coefficient (Wildman–Crippen LogP) is -2.21. The number of carbonyl (C=O) groups excluding carboxylic acids is 1. The highest BCUT2D eigenvalue weighted by molar-refractivity contribution is 7.71. The maximum absolute atomic E-state index is 11.0. The molecule has 0 aliphatic rings. The largest absolute Gasteiger partial charge is 0.544 e. The van der Waals surface area contributed by atoms with E-state index in [1.54, 1.807) is 6.20 Å². The van der Waals surface area contributed by atoms with Crippen molar-refractivity contribution in [1.82, 2.24) is 9.97 Å². The van der Waals surface area contributed by atoms with Gasteiger partial charge in [-0.15, -0.1) is 0 Å². The summed E-state index contributed by atoms with van der Waals surface area (Å²) in [4.78, 5) is 16.7. The molecule has 0 radical (unpaired) electrons. The Labute approximate surface area is 104 Å². The Bertz CT molecular complexity index is 407. The van der Waals surface area contributed by atoms with Crippen molar-refractivity contribution in [3.05, 3.63) is 16.7 Å². The van der Waals surface area contributed by atoms with Crippen LogP contribution < -0.4 is 5.11 Å². The number of carboxylic acid groups (broad SMARTS) is 1. The van der Waals surface area contributed by atoms with Crippen molar-refractivity contribution in [1.29, 1.82) is 0 Å². The third-order valence-electron chi connectivity index (χ3n) is 2.27. The molecule has 100 valence electrons. The number of quaternary nitrogens is 1. The second-order valence-electron chi connectivity index (χ2n) is 4.42. The number of H-pyrrole nitrogens is 2. The summed E-state index contributed by atoms with van der Waals surface area (Å²) in [6.07, 6.45) is 2.06. The summed E-state index contributed by atoms with van der Waals surface area (Å²) in [6.45, 7) is 0. The van der Waals surface area contributed by atoms with Crippen molar-refractivity contribution in [3.8, 4) is 0 Å². The molecular weight excluding hydrogens is 246 g/mol. The average molecular weight is 265 g/mol. The standard InChI is InChI=1S/C9H15N3O2S.2H2O/c1-12(2,3)7(8(13)14)4-6-5-10-9(15)11-6;;/h5,7H,4H2,1-3H3,(H2-,10,11,13,14,15);2*1H2. The van der Waals surface area contributed by atoms with E-state index in [0.717, 1.165) is 5.69 Å². The van der Waals surface area contributed by atoms with Crippen LogP contribution in [0, 0.1) is 4.77 Å². The molecule has 1 aromatic rings. The van der Waals surface area contributed by atoms with Gasteiger partial charge in [0, 0.05) is 18.3 Å². The van der Waals surface area contributed by atoms with Crippen LogP contribution in [0.15, 0.2) is 6.20 Å². The van der Waals surface area contributed by atoms with Crippen LogP contribution in [-0.2, 0) is 11.2 Å². The number of nitrogens with one attached hydrogen (secondary N) is 2. The number of imidazole rings is 1. The van der Waals surface area contributed by atoms with Crippen LogP contribution in [-0.4, -0.2) is 58.6 Å². The van der Waals surface area contributed by atoms with E-state index in [9.17, 15) is 9.90 Å². The van der Waals surface area contributed by atoms with Crippen LogP contribution in [0.5, 0.6) is 0 Å². The second-order valence-corrected chi connectivity index (χ2v) is 4.83. The summed E-state index contributed by atoms with van der Waals surface area (Å²) in [5.74, 6) is -1.05. The molecule has 0 saturated heterocycles. The van der Waals surface area contributed by atoms with Crippen LogP contribution in [0.25, 0.3) is 0 Å². The van der Waals surface area contributed by atoms with Crippen LogP contribution in [0.1, 0.15) is 5.69 Å². The molecule has 0 aliphatic heterocycles. The molecule has 1 aromatic heterocycles. The monoisotopic (exact) mass is 265 g/mol. The minimum Gasteiger partial charge on any atom is -0.544 e. The van der Waals surface area contributed by atoms with Crippen molar-refractivity contribution >= 4 is 18.2 Å². The van der Waals surface area contributed by atoms with Gasteiger partial charge in [0.15, 0.2) is 4.77 Å². The molecule has 8 heteroatoms. The molecule has 17 heavy (non-hydrogen) atoms. The van der Waals surface area contributed by atoms with Crippen molar-refractivity contribution in [2.45, 2.75) is 12.5 Å². The molecule has 0 aromatic carbocycles. The number of likely N-dealkylation sites (N-methyl/N-ethyl adjacent to an activating group) is 1. The number of aromatic nitrogens is 2. The molecule has 1 rings (SSSR count). The van der Waals surface area contributed by atoms with E-state index in [2.05, 4.69) is 9.97 Å². The Morgan fingerprint density at radius 1 is 1.47 bits per heavy atom. The molecule has 6 N–H and O–H groups in total. The third kappa shape index (κ3) is 5.09. The number of hydrogen-bond acceptors (Lipinski definition) is 3. The number of rotatable bonds is 4. The summed E-state index contributed by atoms with van der Waals surface area (Å²) >= 11 is 4.87. The summed E-state index contributed by atoms with van der Waals surface area (Å²) in [5, 5.41) is 11.0. The molecular formula is C9H19N3O4S. The van der Waals surface area contributed by atoms with Gasteiger partial charge in [0.2, 0.25) is 0 Å². The maximum atomic E-state index is 11.0. The quantitative estimate of drug-likeness (QED) is 0.472. The van der Waals surface area contributed by atoms with E-state index in [-0.39, 0.29) is 11.0 Å².